The Hall–Kier alpha value is -2.24. The van der Waals surface area contributed by atoms with Gasteiger partial charge in [0, 0.05) is 13.0 Å². The van der Waals surface area contributed by atoms with Crippen LogP contribution in [0.2, 0.25) is 0 Å². The summed E-state index contributed by atoms with van der Waals surface area (Å²) in [6.07, 6.45) is 7.35. The first-order chi connectivity index (χ1) is 13.5. The lowest BCUT2D eigenvalue weighted by Crippen LogP contribution is -2.67. The van der Waals surface area contributed by atoms with E-state index in [0.29, 0.717) is 23.9 Å². The van der Waals surface area contributed by atoms with Gasteiger partial charge in [-0.25, -0.2) is 4.99 Å². The molecule has 1 aromatic carbocycles. The minimum Gasteiger partial charge on any atom is -0.370 e. The van der Waals surface area contributed by atoms with Gasteiger partial charge in [0.1, 0.15) is 5.66 Å². The highest BCUT2D eigenvalue weighted by Gasteiger charge is 2.49. The van der Waals surface area contributed by atoms with Crippen LogP contribution in [-0.4, -0.2) is 52.6 Å². The molecule has 6 heteroatoms. The van der Waals surface area contributed by atoms with Crippen molar-refractivity contribution in [2.24, 2.45) is 27.4 Å². The predicted molar refractivity (Wildman–Crippen MR) is 115 cm³/mol. The van der Waals surface area contributed by atoms with Gasteiger partial charge in [-0.05, 0) is 38.2 Å². The summed E-state index contributed by atoms with van der Waals surface area (Å²) in [6.45, 7) is 6.00. The van der Waals surface area contributed by atoms with Gasteiger partial charge in [0.05, 0.1) is 18.6 Å². The van der Waals surface area contributed by atoms with Gasteiger partial charge >= 0.3 is 0 Å². The molecule has 4 N–H and O–H groups in total. The van der Waals surface area contributed by atoms with E-state index in [1.807, 2.05) is 0 Å². The van der Waals surface area contributed by atoms with Crippen LogP contribution < -0.4 is 11.5 Å². The van der Waals surface area contributed by atoms with Crippen molar-refractivity contribution in [2.45, 2.75) is 70.1 Å². The first-order valence-electron chi connectivity index (χ1n) is 10.7. The number of guanidine groups is 2. The van der Waals surface area contributed by atoms with E-state index < -0.39 is 0 Å². The predicted octanol–water partition coefficient (Wildman–Crippen LogP) is 2.54. The molecule has 0 saturated heterocycles. The Kier molecular flexibility index (Phi) is 5.21. The van der Waals surface area contributed by atoms with Crippen molar-refractivity contribution in [2.75, 3.05) is 13.1 Å². The third-order valence-electron chi connectivity index (χ3n) is 6.77. The summed E-state index contributed by atoms with van der Waals surface area (Å²) in [5, 5.41) is 0. The second-order valence-electron chi connectivity index (χ2n) is 8.86. The molecule has 1 aromatic rings. The smallest absolute Gasteiger partial charge is 0.193 e. The van der Waals surface area contributed by atoms with E-state index in [2.05, 4.69) is 59.0 Å². The zero-order valence-electron chi connectivity index (χ0n) is 17.2. The molecule has 0 radical (unpaired) electrons. The number of rotatable bonds is 5. The Morgan fingerprint density at radius 2 is 1.79 bits per heavy atom. The maximum Gasteiger partial charge on any atom is 0.193 e. The number of hydrogen-bond acceptors (Lipinski definition) is 6. The number of nitrogens with zero attached hydrogens (tertiary/aromatic N) is 4. The van der Waals surface area contributed by atoms with Crippen molar-refractivity contribution in [3.63, 3.8) is 0 Å². The number of benzene rings is 1. The van der Waals surface area contributed by atoms with Crippen molar-refractivity contribution >= 4 is 11.9 Å². The SMILES string of the molecule is CC1CN(C(C)(Cc2ccccc2)N2C(N)=NCC2C2CCCCC2)C(N)=N1. The molecule has 0 spiro atoms. The van der Waals surface area contributed by atoms with E-state index in [4.69, 9.17) is 16.5 Å². The third-order valence-corrected chi connectivity index (χ3v) is 6.77. The van der Waals surface area contributed by atoms with Crippen LogP contribution in [0.15, 0.2) is 40.3 Å². The zero-order valence-corrected chi connectivity index (χ0v) is 17.2. The summed E-state index contributed by atoms with van der Waals surface area (Å²) < 4.78 is 0. The largest absolute Gasteiger partial charge is 0.370 e. The van der Waals surface area contributed by atoms with Crippen LogP contribution in [0.5, 0.6) is 0 Å². The van der Waals surface area contributed by atoms with E-state index in [1.165, 1.54) is 37.7 Å². The second-order valence-corrected chi connectivity index (χ2v) is 8.86. The molecule has 0 bridgehead atoms. The van der Waals surface area contributed by atoms with E-state index in [9.17, 15) is 0 Å². The molecule has 6 nitrogen and oxygen atoms in total. The van der Waals surface area contributed by atoms with Crippen molar-refractivity contribution in [1.82, 2.24) is 9.80 Å². The number of hydrogen-bond donors (Lipinski definition) is 2. The van der Waals surface area contributed by atoms with E-state index in [1.54, 1.807) is 0 Å². The fourth-order valence-electron chi connectivity index (χ4n) is 5.43. The van der Waals surface area contributed by atoms with Crippen LogP contribution in [0.25, 0.3) is 0 Å². The van der Waals surface area contributed by atoms with E-state index in [-0.39, 0.29) is 11.7 Å². The molecule has 1 fully saturated rings. The fraction of sp³-hybridized carbons (Fsp3) is 0.636. The van der Waals surface area contributed by atoms with Crippen LogP contribution in [-0.2, 0) is 6.42 Å². The lowest BCUT2D eigenvalue weighted by Gasteiger charge is -2.51. The molecular weight excluding hydrogens is 348 g/mol. The van der Waals surface area contributed by atoms with Gasteiger partial charge in [0.15, 0.2) is 11.9 Å². The molecular formula is C22H34N6. The molecule has 4 rings (SSSR count). The van der Waals surface area contributed by atoms with E-state index in [0.717, 1.165) is 19.5 Å². The topological polar surface area (TPSA) is 83.2 Å². The molecule has 1 saturated carbocycles. The molecule has 1 aliphatic carbocycles. The molecule has 3 unspecified atom stereocenters. The average Bonchev–Trinajstić information content (AvgIpc) is 3.25. The van der Waals surface area contributed by atoms with Gasteiger partial charge in [-0.15, -0.1) is 0 Å². The molecule has 0 amide bonds. The molecule has 2 aliphatic heterocycles. The van der Waals surface area contributed by atoms with Crippen molar-refractivity contribution < 1.29 is 0 Å². The van der Waals surface area contributed by atoms with Crippen LogP contribution in [0.1, 0.15) is 51.5 Å². The van der Waals surface area contributed by atoms with Crippen LogP contribution in [0, 0.1) is 5.92 Å². The quantitative estimate of drug-likeness (QED) is 0.820. The van der Waals surface area contributed by atoms with Gasteiger partial charge < -0.3 is 21.3 Å². The number of nitrogens with two attached hydrogens (primary N) is 2. The monoisotopic (exact) mass is 382 g/mol. The van der Waals surface area contributed by atoms with Gasteiger partial charge in [-0.2, -0.15) is 0 Å². The lowest BCUT2D eigenvalue weighted by atomic mass is 9.82. The van der Waals surface area contributed by atoms with Crippen molar-refractivity contribution in [1.29, 1.82) is 0 Å². The minimum absolute atomic E-state index is 0.198. The fourth-order valence-corrected chi connectivity index (χ4v) is 5.43. The molecule has 28 heavy (non-hydrogen) atoms. The minimum atomic E-state index is -0.383. The molecule has 3 atom stereocenters. The van der Waals surface area contributed by atoms with E-state index >= 15 is 0 Å². The standard InChI is InChI=1S/C22H34N6/c1-16-15-27(21(24)26-16)22(2,13-17-9-5-3-6-10-17)28-19(14-25-20(28)23)18-11-7-4-8-12-18/h3,5-6,9-10,16,18-19H,4,7-8,11-15H2,1-2H3,(H2,23,25)(H2,24,26). The highest BCUT2D eigenvalue weighted by Crippen LogP contribution is 2.38. The molecule has 2 heterocycles. The van der Waals surface area contributed by atoms with Crippen LogP contribution in [0.3, 0.4) is 0 Å². The second kappa shape index (κ2) is 7.64. The molecule has 3 aliphatic rings. The average molecular weight is 383 g/mol. The molecule has 0 aromatic heterocycles. The first kappa shape index (κ1) is 19.1. The summed E-state index contributed by atoms with van der Waals surface area (Å²) in [7, 11) is 0. The summed E-state index contributed by atoms with van der Waals surface area (Å²) in [5.74, 6) is 1.92. The highest BCUT2D eigenvalue weighted by atomic mass is 15.5. The summed E-state index contributed by atoms with van der Waals surface area (Å²) >= 11 is 0. The van der Waals surface area contributed by atoms with Crippen molar-refractivity contribution in [3.05, 3.63) is 35.9 Å². The van der Waals surface area contributed by atoms with Crippen molar-refractivity contribution in [3.8, 4) is 0 Å². The molecule has 152 valence electrons. The lowest BCUT2D eigenvalue weighted by molar-refractivity contribution is 0.0109. The Balaban J connectivity index is 1.70. The third kappa shape index (κ3) is 3.45. The first-order valence-corrected chi connectivity index (χ1v) is 10.7. The highest BCUT2D eigenvalue weighted by molar-refractivity contribution is 5.84. The number of aliphatic imine (C=N–C) groups is 2. The van der Waals surface area contributed by atoms with Gasteiger partial charge in [-0.1, -0.05) is 49.6 Å². The van der Waals surface area contributed by atoms with Gasteiger partial charge in [0.25, 0.3) is 0 Å². The Bertz CT molecular complexity index is 739. The Morgan fingerprint density at radius 1 is 1.07 bits per heavy atom. The summed E-state index contributed by atoms with van der Waals surface area (Å²) in [6, 6.07) is 11.2. The maximum atomic E-state index is 6.53. The van der Waals surface area contributed by atoms with Crippen LogP contribution in [0.4, 0.5) is 0 Å². The normalized spacial score (nSPS) is 28.2. The Labute approximate surface area is 168 Å². The summed E-state index contributed by atoms with van der Waals surface area (Å²) in [4.78, 5) is 14.0. The Morgan fingerprint density at radius 3 is 2.43 bits per heavy atom. The summed E-state index contributed by atoms with van der Waals surface area (Å²) in [5.41, 5.74) is 13.8. The van der Waals surface area contributed by atoms with Gasteiger partial charge in [0.2, 0.25) is 0 Å². The zero-order chi connectivity index (χ0) is 19.7. The maximum absolute atomic E-state index is 6.53. The van der Waals surface area contributed by atoms with Crippen LogP contribution >= 0.6 is 0 Å². The van der Waals surface area contributed by atoms with Gasteiger partial charge in [-0.3, -0.25) is 4.99 Å².